The molecule has 8 heteroatoms. The fraction of sp³-hybridized carbons (Fsp3) is 0.480. The summed E-state index contributed by atoms with van der Waals surface area (Å²) in [5, 5.41) is 8.94. The molecular weight excluding hydrogens is 426 g/mol. The topological polar surface area (TPSA) is 64.3 Å². The zero-order valence-electron chi connectivity index (χ0n) is 18.9. The highest BCUT2D eigenvalue weighted by Gasteiger charge is 2.67. The van der Waals surface area contributed by atoms with Crippen LogP contribution >= 0.6 is 0 Å². The van der Waals surface area contributed by atoms with Crippen molar-refractivity contribution in [2.24, 2.45) is 5.41 Å². The molecule has 3 aliphatic rings. The van der Waals surface area contributed by atoms with Crippen molar-refractivity contribution in [3.8, 4) is 11.3 Å². The Bertz CT molecular complexity index is 1220. The molecule has 0 spiro atoms. The van der Waals surface area contributed by atoms with Gasteiger partial charge < -0.3 is 14.1 Å². The van der Waals surface area contributed by atoms with Gasteiger partial charge in [0.1, 0.15) is 17.9 Å². The van der Waals surface area contributed by atoms with E-state index in [-0.39, 0.29) is 34.1 Å². The van der Waals surface area contributed by atoms with Gasteiger partial charge in [0.2, 0.25) is 0 Å². The molecule has 2 fully saturated rings. The van der Waals surface area contributed by atoms with Gasteiger partial charge in [-0.1, -0.05) is 19.9 Å². The molecule has 3 aromatic rings. The first-order valence-electron chi connectivity index (χ1n) is 11.4. The Balaban J connectivity index is 1.42. The first-order chi connectivity index (χ1) is 15.8. The Morgan fingerprint density at radius 3 is 2.67 bits per heavy atom. The van der Waals surface area contributed by atoms with E-state index in [1.165, 1.54) is 18.2 Å². The largest absolute Gasteiger partial charge is 0.432 e. The number of morpholine rings is 1. The van der Waals surface area contributed by atoms with Crippen LogP contribution in [0.3, 0.4) is 0 Å². The molecule has 0 N–H and O–H groups in total. The number of fused-ring (bicyclic) bond motifs is 5. The average molecular weight is 453 g/mol. The van der Waals surface area contributed by atoms with Crippen LogP contribution in [0.25, 0.3) is 11.3 Å². The van der Waals surface area contributed by atoms with Gasteiger partial charge in [0.15, 0.2) is 0 Å². The van der Waals surface area contributed by atoms with Crippen molar-refractivity contribution >= 4 is 6.01 Å². The molecule has 0 radical (unpaired) electrons. The van der Waals surface area contributed by atoms with E-state index in [0.717, 1.165) is 29.8 Å². The van der Waals surface area contributed by atoms with Crippen LogP contribution in [0.15, 0.2) is 34.9 Å². The summed E-state index contributed by atoms with van der Waals surface area (Å²) in [7, 11) is 0. The minimum atomic E-state index is -0.631. The lowest BCUT2D eigenvalue weighted by Gasteiger charge is -2.47. The lowest BCUT2D eigenvalue weighted by atomic mass is 9.64. The summed E-state index contributed by atoms with van der Waals surface area (Å²) in [5.74, 6) is -1.04. The number of aryl methyl sites for hydroxylation is 1. The lowest BCUT2D eigenvalue weighted by Crippen LogP contribution is -2.56. The summed E-state index contributed by atoms with van der Waals surface area (Å²) >= 11 is 0. The van der Waals surface area contributed by atoms with Crippen molar-refractivity contribution in [1.29, 1.82) is 0 Å². The van der Waals surface area contributed by atoms with Crippen molar-refractivity contribution in [2.45, 2.75) is 51.0 Å². The van der Waals surface area contributed by atoms with E-state index in [4.69, 9.17) is 9.15 Å². The predicted molar refractivity (Wildman–Crippen MR) is 118 cm³/mol. The van der Waals surface area contributed by atoms with E-state index in [0.29, 0.717) is 25.7 Å². The van der Waals surface area contributed by atoms with Crippen LogP contribution in [0, 0.1) is 24.0 Å². The number of anilines is 1. The standard InChI is InChI=1S/C25H26F2N4O2/c1-14-13-33-23(28-14)31-9-10-32-20(12-31)25-8-7-16(24(25,2)3)15-11-19(29-30-22(15)25)21-17(26)5-4-6-18(21)27/h4-6,11,13,16,20H,7-10,12H2,1-3H3. The van der Waals surface area contributed by atoms with Crippen LogP contribution in [0.2, 0.25) is 0 Å². The van der Waals surface area contributed by atoms with Crippen LogP contribution < -0.4 is 4.90 Å². The second kappa shape index (κ2) is 7.06. The van der Waals surface area contributed by atoms with E-state index in [1.807, 2.05) is 13.0 Å². The van der Waals surface area contributed by atoms with Crippen LogP contribution in [0.1, 0.15) is 49.6 Å². The smallest absolute Gasteiger partial charge is 0.297 e. The summed E-state index contributed by atoms with van der Waals surface area (Å²) < 4.78 is 41.0. The normalized spacial score (nSPS) is 27.7. The van der Waals surface area contributed by atoms with Crippen molar-refractivity contribution in [2.75, 3.05) is 24.6 Å². The summed E-state index contributed by atoms with van der Waals surface area (Å²) in [6, 6.07) is 6.31. The average Bonchev–Trinajstić information content (AvgIpc) is 3.40. The van der Waals surface area contributed by atoms with Gasteiger partial charge in [-0.05, 0) is 54.9 Å². The van der Waals surface area contributed by atoms with Crippen LogP contribution in [-0.4, -0.2) is 41.0 Å². The molecule has 172 valence electrons. The second-order valence-electron chi connectivity index (χ2n) is 9.99. The van der Waals surface area contributed by atoms with Gasteiger partial charge >= 0.3 is 0 Å². The number of nitrogens with zero attached hydrogens (tertiary/aromatic N) is 4. The first-order valence-corrected chi connectivity index (χ1v) is 11.4. The Labute approximate surface area is 191 Å². The second-order valence-corrected chi connectivity index (χ2v) is 9.99. The lowest BCUT2D eigenvalue weighted by molar-refractivity contribution is -0.0475. The van der Waals surface area contributed by atoms with Gasteiger partial charge in [0.25, 0.3) is 6.01 Å². The highest BCUT2D eigenvalue weighted by atomic mass is 19.1. The van der Waals surface area contributed by atoms with Gasteiger partial charge in [-0.15, -0.1) is 0 Å². The first kappa shape index (κ1) is 20.7. The maximum Gasteiger partial charge on any atom is 0.297 e. The summed E-state index contributed by atoms with van der Waals surface area (Å²) in [6.07, 6.45) is 3.45. The highest BCUT2D eigenvalue weighted by molar-refractivity contribution is 5.63. The minimum absolute atomic E-state index is 0.120. The minimum Gasteiger partial charge on any atom is -0.432 e. The highest BCUT2D eigenvalue weighted by Crippen LogP contribution is 2.69. The molecule has 2 aliphatic carbocycles. The third kappa shape index (κ3) is 2.76. The quantitative estimate of drug-likeness (QED) is 0.570. The Morgan fingerprint density at radius 1 is 1.15 bits per heavy atom. The van der Waals surface area contributed by atoms with Crippen molar-refractivity contribution in [1.82, 2.24) is 15.2 Å². The summed E-state index contributed by atoms with van der Waals surface area (Å²) in [5.41, 5.74) is 2.42. The van der Waals surface area contributed by atoms with Crippen LogP contribution in [0.5, 0.6) is 0 Å². The van der Waals surface area contributed by atoms with E-state index >= 15 is 0 Å². The molecule has 2 bridgehead atoms. The maximum atomic E-state index is 14.5. The number of aromatic nitrogens is 3. The number of benzene rings is 1. The van der Waals surface area contributed by atoms with Gasteiger partial charge in [-0.3, -0.25) is 0 Å². The fourth-order valence-corrected chi connectivity index (χ4v) is 6.55. The van der Waals surface area contributed by atoms with Gasteiger partial charge in [-0.25, -0.2) is 8.78 Å². The Kier molecular flexibility index (Phi) is 4.43. The third-order valence-electron chi connectivity index (χ3n) is 8.18. The molecule has 6 nitrogen and oxygen atoms in total. The third-order valence-corrected chi connectivity index (χ3v) is 8.18. The number of rotatable bonds is 3. The van der Waals surface area contributed by atoms with Crippen molar-refractivity contribution in [3.63, 3.8) is 0 Å². The fourth-order valence-electron chi connectivity index (χ4n) is 6.55. The van der Waals surface area contributed by atoms with Crippen LogP contribution in [-0.2, 0) is 10.2 Å². The van der Waals surface area contributed by atoms with E-state index < -0.39 is 11.6 Å². The molecule has 1 saturated carbocycles. The molecule has 2 aromatic heterocycles. The molecule has 33 heavy (non-hydrogen) atoms. The Hall–Kier alpha value is -2.87. The van der Waals surface area contributed by atoms with E-state index in [2.05, 4.69) is 33.9 Å². The van der Waals surface area contributed by atoms with Crippen molar-refractivity contribution < 1.29 is 17.9 Å². The number of halogens is 2. The van der Waals surface area contributed by atoms with Crippen LogP contribution in [0.4, 0.5) is 14.8 Å². The maximum absolute atomic E-state index is 14.5. The SMILES string of the molecule is Cc1coc(N2CCOC(C34CCC(c5cc(-c6c(F)cccc6F)nnc53)C4(C)C)C2)n1. The zero-order chi connectivity index (χ0) is 23.0. The molecule has 0 amide bonds. The number of oxazole rings is 1. The van der Waals surface area contributed by atoms with Crippen molar-refractivity contribution in [3.05, 3.63) is 59.1 Å². The zero-order valence-corrected chi connectivity index (χ0v) is 18.9. The predicted octanol–water partition coefficient (Wildman–Crippen LogP) is 4.78. The Morgan fingerprint density at radius 2 is 1.94 bits per heavy atom. The van der Waals surface area contributed by atoms with Gasteiger partial charge in [0.05, 0.1) is 35.4 Å². The number of ether oxygens (including phenoxy) is 1. The number of hydrogen-bond donors (Lipinski definition) is 0. The molecule has 6 rings (SSSR count). The van der Waals surface area contributed by atoms with E-state index in [9.17, 15) is 8.78 Å². The summed E-state index contributed by atoms with van der Waals surface area (Å²) in [6.45, 7) is 8.34. The molecule has 1 aliphatic heterocycles. The molecule has 3 atom stereocenters. The van der Waals surface area contributed by atoms with E-state index in [1.54, 1.807) is 6.26 Å². The number of hydrogen-bond acceptors (Lipinski definition) is 6. The molecular formula is C25H26F2N4O2. The molecule has 3 unspecified atom stereocenters. The van der Waals surface area contributed by atoms with Gasteiger partial charge in [0, 0.05) is 18.5 Å². The molecule has 3 heterocycles. The molecule has 1 saturated heterocycles. The summed E-state index contributed by atoms with van der Waals surface area (Å²) in [4.78, 5) is 6.63. The molecule has 1 aromatic carbocycles. The monoisotopic (exact) mass is 452 g/mol. The van der Waals surface area contributed by atoms with Gasteiger partial charge in [-0.2, -0.15) is 15.2 Å².